The summed E-state index contributed by atoms with van der Waals surface area (Å²) in [5, 5.41) is 12.4. The van der Waals surface area contributed by atoms with Gasteiger partial charge in [0.15, 0.2) is 0 Å². The smallest absolute Gasteiger partial charge is 0.346 e. The summed E-state index contributed by atoms with van der Waals surface area (Å²) in [5.74, 6) is -0.587. The minimum absolute atomic E-state index is 0.116. The number of esters is 1. The Bertz CT molecular complexity index is 837. The first-order valence-electron chi connectivity index (χ1n) is 8.74. The molecule has 0 unspecified atom stereocenters. The number of nitrogens with one attached hydrogen (secondary N) is 1. The van der Waals surface area contributed by atoms with Crippen LogP contribution in [0.5, 0.6) is 0 Å². The average Bonchev–Trinajstić information content (AvgIpc) is 2.65. The lowest BCUT2D eigenvalue weighted by Gasteiger charge is -2.24. The number of ether oxygens (including phenoxy) is 1. The number of amides is 2. The van der Waals surface area contributed by atoms with Crippen molar-refractivity contribution in [2.75, 3.05) is 11.9 Å². The van der Waals surface area contributed by atoms with E-state index in [-0.39, 0.29) is 13.2 Å². The first-order valence-corrected chi connectivity index (χ1v) is 8.74. The summed E-state index contributed by atoms with van der Waals surface area (Å²) in [4.78, 5) is 30.3. The third kappa shape index (κ3) is 7.09. The molecule has 7 nitrogen and oxygen atoms in total. The SMILES string of the molecule is CC(C)(C)OC(=O)CN(OCc1ccccc1)C(=O)Nc1ccc(C#N)cc1. The summed E-state index contributed by atoms with van der Waals surface area (Å²) in [5.41, 5.74) is 1.12. The quantitative estimate of drug-likeness (QED) is 0.606. The molecule has 146 valence electrons. The standard InChI is InChI=1S/C21H23N3O4/c1-21(2,3)28-19(25)14-24(27-15-17-7-5-4-6-8-17)20(26)23-18-11-9-16(13-22)10-12-18/h4-12H,14-15H2,1-3H3,(H,23,26). The highest BCUT2D eigenvalue weighted by Gasteiger charge is 2.23. The van der Waals surface area contributed by atoms with Gasteiger partial charge < -0.3 is 10.1 Å². The second-order valence-electron chi connectivity index (χ2n) is 7.00. The lowest BCUT2D eigenvalue weighted by atomic mass is 10.2. The lowest BCUT2D eigenvalue weighted by molar-refractivity contribution is -0.173. The van der Waals surface area contributed by atoms with E-state index in [1.165, 1.54) is 0 Å². The van der Waals surface area contributed by atoms with Gasteiger partial charge in [0.1, 0.15) is 18.8 Å². The third-order valence-electron chi connectivity index (χ3n) is 3.41. The molecule has 28 heavy (non-hydrogen) atoms. The molecular weight excluding hydrogens is 358 g/mol. The van der Waals surface area contributed by atoms with Gasteiger partial charge in [-0.2, -0.15) is 10.3 Å². The largest absolute Gasteiger partial charge is 0.459 e. The van der Waals surface area contributed by atoms with Gasteiger partial charge in [-0.25, -0.2) is 4.79 Å². The summed E-state index contributed by atoms with van der Waals surface area (Å²) in [6.07, 6.45) is 0. The Morgan fingerprint density at radius 3 is 2.29 bits per heavy atom. The normalized spacial score (nSPS) is 10.6. The number of benzene rings is 2. The van der Waals surface area contributed by atoms with Crippen molar-refractivity contribution in [2.45, 2.75) is 33.0 Å². The summed E-state index contributed by atoms with van der Waals surface area (Å²) in [7, 11) is 0. The Hall–Kier alpha value is -3.37. The molecule has 0 aliphatic carbocycles. The number of nitriles is 1. The van der Waals surface area contributed by atoms with Crippen molar-refractivity contribution in [1.29, 1.82) is 5.26 Å². The zero-order chi connectivity index (χ0) is 20.6. The van der Waals surface area contributed by atoms with Gasteiger partial charge in [-0.15, -0.1) is 0 Å². The minimum atomic E-state index is -0.675. The van der Waals surface area contributed by atoms with Gasteiger partial charge in [-0.1, -0.05) is 30.3 Å². The fourth-order valence-electron chi connectivity index (χ4n) is 2.21. The number of urea groups is 1. The van der Waals surface area contributed by atoms with Crippen molar-refractivity contribution in [3.8, 4) is 6.07 Å². The number of carbonyl (C=O) groups is 2. The average molecular weight is 381 g/mol. The first kappa shape index (κ1) is 20.9. The van der Waals surface area contributed by atoms with Gasteiger partial charge in [0.2, 0.25) is 0 Å². The molecular formula is C21H23N3O4. The lowest BCUT2D eigenvalue weighted by Crippen LogP contribution is -2.41. The van der Waals surface area contributed by atoms with Crippen LogP contribution in [0.3, 0.4) is 0 Å². The predicted octanol–water partition coefficient (Wildman–Crippen LogP) is 3.87. The number of nitrogens with zero attached hydrogens (tertiary/aromatic N) is 2. The number of rotatable bonds is 6. The topological polar surface area (TPSA) is 91.7 Å². The van der Waals surface area contributed by atoms with E-state index >= 15 is 0 Å². The second-order valence-corrected chi connectivity index (χ2v) is 7.00. The van der Waals surface area contributed by atoms with Gasteiger partial charge >= 0.3 is 12.0 Å². The number of anilines is 1. The highest BCUT2D eigenvalue weighted by atomic mass is 16.7. The van der Waals surface area contributed by atoms with Crippen LogP contribution in [-0.2, 0) is 21.0 Å². The maximum atomic E-state index is 12.6. The fraction of sp³-hybridized carbons (Fsp3) is 0.286. The maximum absolute atomic E-state index is 12.6. The molecule has 0 saturated heterocycles. The molecule has 0 radical (unpaired) electrons. The van der Waals surface area contributed by atoms with Gasteiger partial charge in [0, 0.05) is 5.69 Å². The maximum Gasteiger partial charge on any atom is 0.346 e. The van der Waals surface area contributed by atoms with E-state index in [2.05, 4.69) is 5.32 Å². The third-order valence-corrected chi connectivity index (χ3v) is 3.41. The van der Waals surface area contributed by atoms with Crippen LogP contribution in [0.25, 0.3) is 0 Å². The van der Waals surface area contributed by atoms with Gasteiger partial charge in [0.05, 0.1) is 11.6 Å². The summed E-state index contributed by atoms with van der Waals surface area (Å²) < 4.78 is 5.27. The van der Waals surface area contributed by atoms with Gasteiger partial charge in [-0.05, 0) is 50.6 Å². The molecule has 0 atom stereocenters. The van der Waals surface area contributed by atoms with Gasteiger partial charge in [-0.3, -0.25) is 9.63 Å². The molecule has 7 heteroatoms. The Labute approximate surface area is 164 Å². The summed E-state index contributed by atoms with van der Waals surface area (Å²) in [6.45, 7) is 4.99. The van der Waals surface area contributed by atoms with Crippen LogP contribution in [0, 0.1) is 11.3 Å². The van der Waals surface area contributed by atoms with E-state index < -0.39 is 17.6 Å². The minimum Gasteiger partial charge on any atom is -0.459 e. The summed E-state index contributed by atoms with van der Waals surface area (Å²) in [6, 6.07) is 17.0. The van der Waals surface area contributed by atoms with Crippen LogP contribution < -0.4 is 5.32 Å². The van der Waals surface area contributed by atoms with Crippen LogP contribution in [-0.4, -0.2) is 29.2 Å². The summed E-state index contributed by atoms with van der Waals surface area (Å²) >= 11 is 0. The van der Waals surface area contributed by atoms with E-state index in [0.717, 1.165) is 10.6 Å². The molecule has 2 aromatic rings. The Kier molecular flexibility index (Phi) is 7.13. The monoisotopic (exact) mass is 381 g/mol. The number of hydrogen-bond acceptors (Lipinski definition) is 5. The van der Waals surface area contributed by atoms with Crippen LogP contribution >= 0.6 is 0 Å². The number of hydroxylamine groups is 2. The molecule has 0 fully saturated rings. The Morgan fingerprint density at radius 2 is 1.71 bits per heavy atom. The van der Waals surface area contributed by atoms with Crippen LogP contribution in [0.1, 0.15) is 31.9 Å². The van der Waals surface area contributed by atoms with E-state index in [1.807, 2.05) is 36.4 Å². The molecule has 2 aromatic carbocycles. The van der Waals surface area contributed by atoms with Crippen molar-refractivity contribution >= 4 is 17.7 Å². The Balaban J connectivity index is 2.07. The van der Waals surface area contributed by atoms with Crippen LogP contribution in [0.2, 0.25) is 0 Å². The molecule has 0 aromatic heterocycles. The number of carbonyl (C=O) groups excluding carboxylic acids is 2. The molecule has 0 aliphatic rings. The van der Waals surface area contributed by atoms with E-state index in [1.54, 1.807) is 45.0 Å². The van der Waals surface area contributed by atoms with Crippen LogP contribution in [0.15, 0.2) is 54.6 Å². The first-order chi connectivity index (χ1) is 13.3. The number of hydrogen-bond donors (Lipinski definition) is 1. The van der Waals surface area contributed by atoms with E-state index in [4.69, 9.17) is 14.8 Å². The van der Waals surface area contributed by atoms with Crippen molar-refractivity contribution < 1.29 is 19.2 Å². The van der Waals surface area contributed by atoms with E-state index in [9.17, 15) is 9.59 Å². The zero-order valence-corrected chi connectivity index (χ0v) is 16.1. The van der Waals surface area contributed by atoms with Crippen molar-refractivity contribution in [1.82, 2.24) is 5.06 Å². The highest BCUT2D eigenvalue weighted by molar-refractivity contribution is 5.90. The molecule has 0 heterocycles. The molecule has 1 N–H and O–H groups in total. The molecule has 2 rings (SSSR count). The van der Waals surface area contributed by atoms with Crippen molar-refractivity contribution in [3.63, 3.8) is 0 Å². The fourth-order valence-corrected chi connectivity index (χ4v) is 2.21. The van der Waals surface area contributed by atoms with Crippen LogP contribution in [0.4, 0.5) is 10.5 Å². The van der Waals surface area contributed by atoms with E-state index in [0.29, 0.717) is 11.3 Å². The van der Waals surface area contributed by atoms with Gasteiger partial charge in [0.25, 0.3) is 0 Å². The highest BCUT2D eigenvalue weighted by Crippen LogP contribution is 2.12. The molecule has 0 bridgehead atoms. The van der Waals surface area contributed by atoms with Crippen molar-refractivity contribution in [2.24, 2.45) is 0 Å². The molecule has 0 saturated carbocycles. The Morgan fingerprint density at radius 1 is 1.07 bits per heavy atom. The second kappa shape index (κ2) is 9.53. The zero-order valence-electron chi connectivity index (χ0n) is 16.1. The molecule has 0 aliphatic heterocycles. The predicted molar refractivity (Wildman–Crippen MR) is 104 cm³/mol. The van der Waals surface area contributed by atoms with Crippen molar-refractivity contribution in [3.05, 3.63) is 65.7 Å². The molecule has 0 spiro atoms. The molecule has 2 amide bonds.